The molecule has 1 N–H and O–H groups in total. The first-order valence-electron chi connectivity index (χ1n) is 6.65. The van der Waals surface area contributed by atoms with Crippen LogP contribution in [0.15, 0.2) is 24.3 Å². The third-order valence-electron chi connectivity index (χ3n) is 2.72. The first-order chi connectivity index (χ1) is 8.27. The van der Waals surface area contributed by atoms with E-state index in [2.05, 4.69) is 50.4 Å². The largest absolute Gasteiger partial charge is 0.309 e. The number of benzene rings is 1. The summed E-state index contributed by atoms with van der Waals surface area (Å²) >= 11 is 2.05. The molecule has 1 unspecified atom stereocenters. The topological polar surface area (TPSA) is 12.0 Å². The van der Waals surface area contributed by atoms with Crippen molar-refractivity contribution in [1.82, 2.24) is 5.32 Å². The normalized spacial score (nSPS) is 12.6. The summed E-state index contributed by atoms with van der Waals surface area (Å²) in [6.45, 7) is 7.73. The Balaban J connectivity index is 2.60. The fourth-order valence-electron chi connectivity index (χ4n) is 1.82. The highest BCUT2D eigenvalue weighted by atomic mass is 32.2. The molecule has 0 bridgehead atoms. The molecule has 0 spiro atoms. The Hall–Kier alpha value is -0.470. The van der Waals surface area contributed by atoms with Crippen molar-refractivity contribution in [3.8, 4) is 0 Å². The van der Waals surface area contributed by atoms with E-state index < -0.39 is 0 Å². The number of hydrogen-bond acceptors (Lipinski definition) is 2. The minimum atomic E-state index is 0.506. The van der Waals surface area contributed by atoms with Gasteiger partial charge in [0.05, 0.1) is 0 Å². The molecule has 1 nitrogen and oxygen atoms in total. The average molecular weight is 251 g/mol. The van der Waals surface area contributed by atoms with Crippen molar-refractivity contribution in [3.63, 3.8) is 0 Å². The third kappa shape index (κ3) is 5.60. The fraction of sp³-hybridized carbons (Fsp3) is 0.600. The van der Waals surface area contributed by atoms with Gasteiger partial charge in [-0.3, -0.25) is 0 Å². The summed E-state index contributed by atoms with van der Waals surface area (Å²) in [5.74, 6) is 2.44. The number of thioether (sulfide) groups is 1. The molecule has 96 valence electrons. The lowest BCUT2D eigenvalue weighted by Gasteiger charge is -2.19. The summed E-state index contributed by atoms with van der Waals surface area (Å²) in [6, 6.07) is 9.38. The second-order valence-electron chi connectivity index (χ2n) is 4.50. The predicted molar refractivity (Wildman–Crippen MR) is 79.8 cm³/mol. The summed E-state index contributed by atoms with van der Waals surface area (Å²) in [5, 5.41) is 3.65. The van der Waals surface area contributed by atoms with Gasteiger partial charge in [-0.05, 0) is 37.6 Å². The Kier molecular flexibility index (Phi) is 7.38. The van der Waals surface area contributed by atoms with Crippen molar-refractivity contribution < 1.29 is 0 Å². The molecule has 1 aromatic carbocycles. The van der Waals surface area contributed by atoms with Gasteiger partial charge >= 0.3 is 0 Å². The molecule has 1 rings (SSSR count). The molecule has 0 aliphatic carbocycles. The van der Waals surface area contributed by atoms with Crippen molar-refractivity contribution in [2.75, 3.05) is 18.1 Å². The van der Waals surface area contributed by atoms with Crippen molar-refractivity contribution >= 4 is 11.8 Å². The van der Waals surface area contributed by atoms with Gasteiger partial charge in [0, 0.05) is 11.8 Å². The van der Waals surface area contributed by atoms with Crippen molar-refractivity contribution in [3.05, 3.63) is 35.4 Å². The fourth-order valence-corrected chi connectivity index (χ4v) is 2.83. The first kappa shape index (κ1) is 14.6. The number of rotatable bonds is 8. The van der Waals surface area contributed by atoms with Crippen LogP contribution in [0, 0.1) is 6.92 Å². The van der Waals surface area contributed by atoms with Crippen LogP contribution in [0.5, 0.6) is 0 Å². The Morgan fingerprint density at radius 1 is 1.24 bits per heavy atom. The number of aryl methyl sites for hydroxylation is 1. The summed E-state index contributed by atoms with van der Waals surface area (Å²) in [6.07, 6.45) is 2.46. The van der Waals surface area contributed by atoms with E-state index in [-0.39, 0.29) is 0 Å². The molecular formula is C15H25NS. The van der Waals surface area contributed by atoms with Gasteiger partial charge in [0.2, 0.25) is 0 Å². The van der Waals surface area contributed by atoms with Crippen LogP contribution in [0.1, 0.15) is 43.9 Å². The Bertz CT molecular complexity index is 312. The lowest BCUT2D eigenvalue weighted by molar-refractivity contribution is 0.577. The summed E-state index contributed by atoms with van der Waals surface area (Å²) in [7, 11) is 0. The highest BCUT2D eigenvalue weighted by Gasteiger charge is 2.10. The standard InChI is InChI=1S/C15H25NS/c1-4-9-16-15(12-17-10-5-2)14-8-6-7-13(3)11-14/h6-8,11,15-16H,4-5,9-10,12H2,1-3H3. The van der Waals surface area contributed by atoms with E-state index in [1.807, 2.05) is 11.8 Å². The Morgan fingerprint density at radius 3 is 2.71 bits per heavy atom. The molecule has 0 heterocycles. The van der Waals surface area contributed by atoms with Crippen molar-refractivity contribution in [2.45, 2.75) is 39.7 Å². The molecule has 0 amide bonds. The van der Waals surface area contributed by atoms with Crippen LogP contribution in [-0.2, 0) is 0 Å². The average Bonchev–Trinajstić information content (AvgIpc) is 2.33. The molecule has 2 heteroatoms. The quantitative estimate of drug-likeness (QED) is 0.696. The van der Waals surface area contributed by atoms with Gasteiger partial charge in [-0.1, -0.05) is 43.7 Å². The van der Waals surface area contributed by atoms with Crippen LogP contribution in [0.4, 0.5) is 0 Å². The van der Waals surface area contributed by atoms with Crippen LogP contribution in [0.25, 0.3) is 0 Å². The molecule has 17 heavy (non-hydrogen) atoms. The molecule has 0 radical (unpaired) electrons. The van der Waals surface area contributed by atoms with Gasteiger partial charge < -0.3 is 5.32 Å². The lowest BCUT2D eigenvalue weighted by Crippen LogP contribution is -2.24. The van der Waals surface area contributed by atoms with Crippen LogP contribution in [-0.4, -0.2) is 18.1 Å². The zero-order valence-corrected chi connectivity index (χ0v) is 12.1. The van der Waals surface area contributed by atoms with Crippen molar-refractivity contribution in [2.24, 2.45) is 0 Å². The van der Waals surface area contributed by atoms with Gasteiger partial charge in [0.1, 0.15) is 0 Å². The minimum Gasteiger partial charge on any atom is -0.309 e. The van der Waals surface area contributed by atoms with Crippen LogP contribution in [0.2, 0.25) is 0 Å². The third-order valence-corrected chi connectivity index (χ3v) is 3.98. The minimum absolute atomic E-state index is 0.506. The summed E-state index contributed by atoms with van der Waals surface area (Å²) in [4.78, 5) is 0. The van der Waals surface area contributed by atoms with Crippen LogP contribution in [0.3, 0.4) is 0 Å². The maximum atomic E-state index is 3.65. The SMILES string of the molecule is CCCNC(CSCCC)c1cccc(C)c1. The van der Waals surface area contributed by atoms with Crippen LogP contribution >= 0.6 is 11.8 Å². The molecule has 1 aromatic rings. The molecule has 0 saturated heterocycles. The van der Waals surface area contributed by atoms with E-state index in [4.69, 9.17) is 0 Å². The van der Waals surface area contributed by atoms with E-state index in [0.717, 1.165) is 6.54 Å². The van der Waals surface area contributed by atoms with E-state index in [0.29, 0.717) is 6.04 Å². The molecule has 0 saturated carbocycles. The van der Waals surface area contributed by atoms with E-state index in [1.165, 1.54) is 35.5 Å². The molecule has 0 aliphatic rings. The van der Waals surface area contributed by atoms with Crippen LogP contribution < -0.4 is 5.32 Å². The second kappa shape index (κ2) is 8.60. The van der Waals surface area contributed by atoms with Gasteiger partial charge in [0.25, 0.3) is 0 Å². The van der Waals surface area contributed by atoms with Gasteiger partial charge in [-0.2, -0.15) is 11.8 Å². The highest BCUT2D eigenvalue weighted by molar-refractivity contribution is 7.99. The summed E-state index contributed by atoms with van der Waals surface area (Å²) < 4.78 is 0. The molecular weight excluding hydrogens is 226 g/mol. The zero-order valence-electron chi connectivity index (χ0n) is 11.3. The van der Waals surface area contributed by atoms with E-state index in [9.17, 15) is 0 Å². The van der Waals surface area contributed by atoms with Gasteiger partial charge in [-0.25, -0.2) is 0 Å². The predicted octanol–water partition coefficient (Wildman–Crippen LogP) is 4.18. The first-order valence-corrected chi connectivity index (χ1v) is 7.81. The van der Waals surface area contributed by atoms with Gasteiger partial charge in [0.15, 0.2) is 0 Å². The van der Waals surface area contributed by atoms with E-state index >= 15 is 0 Å². The maximum absolute atomic E-state index is 3.65. The number of nitrogens with one attached hydrogen (secondary N) is 1. The molecule has 0 fully saturated rings. The van der Waals surface area contributed by atoms with E-state index in [1.54, 1.807) is 0 Å². The smallest absolute Gasteiger partial charge is 0.0411 e. The maximum Gasteiger partial charge on any atom is 0.0411 e. The summed E-state index contributed by atoms with van der Waals surface area (Å²) in [5.41, 5.74) is 2.79. The molecule has 1 atom stereocenters. The monoisotopic (exact) mass is 251 g/mol. The highest BCUT2D eigenvalue weighted by Crippen LogP contribution is 2.20. The number of hydrogen-bond donors (Lipinski definition) is 1. The zero-order chi connectivity index (χ0) is 12.5. The Labute approximate surface area is 110 Å². The Morgan fingerprint density at radius 2 is 2.06 bits per heavy atom. The molecule has 0 aromatic heterocycles. The lowest BCUT2D eigenvalue weighted by atomic mass is 10.1. The molecule has 0 aliphatic heterocycles. The van der Waals surface area contributed by atoms with Gasteiger partial charge in [-0.15, -0.1) is 0 Å². The van der Waals surface area contributed by atoms with Crippen molar-refractivity contribution in [1.29, 1.82) is 0 Å². The second-order valence-corrected chi connectivity index (χ2v) is 5.65.